The van der Waals surface area contributed by atoms with Crippen LogP contribution < -0.4 is 25.8 Å². The molecule has 1 amide bonds. The molecular formula is C19H21F2N5O2. The van der Waals surface area contributed by atoms with Gasteiger partial charge in [-0.1, -0.05) is 12.1 Å². The number of alkyl halides is 2. The normalized spacial score (nSPS) is 20.2. The molecule has 0 saturated carbocycles. The van der Waals surface area contributed by atoms with E-state index in [4.69, 9.17) is 0 Å². The van der Waals surface area contributed by atoms with E-state index in [1.165, 1.54) is 12.1 Å². The minimum Gasteiger partial charge on any atom is -0.435 e. The van der Waals surface area contributed by atoms with Gasteiger partial charge in [0.1, 0.15) is 17.6 Å². The van der Waals surface area contributed by atoms with E-state index in [0.717, 1.165) is 18.7 Å². The number of aromatic nitrogens is 1. The van der Waals surface area contributed by atoms with Gasteiger partial charge in [-0.25, -0.2) is 4.98 Å². The molecule has 4 rings (SSSR count). The second kappa shape index (κ2) is 8.07. The van der Waals surface area contributed by atoms with E-state index < -0.39 is 12.7 Å². The van der Waals surface area contributed by atoms with E-state index in [0.29, 0.717) is 30.4 Å². The van der Waals surface area contributed by atoms with Gasteiger partial charge < -0.3 is 10.1 Å². The number of hydrogen-bond donors (Lipinski definition) is 3. The maximum Gasteiger partial charge on any atom is 0.387 e. The zero-order valence-electron chi connectivity index (χ0n) is 15.1. The lowest BCUT2D eigenvalue weighted by atomic mass is 10.0. The lowest BCUT2D eigenvalue weighted by Crippen LogP contribution is -2.33. The highest BCUT2D eigenvalue weighted by Gasteiger charge is 2.33. The summed E-state index contributed by atoms with van der Waals surface area (Å²) in [6.45, 7) is -0.639. The summed E-state index contributed by atoms with van der Waals surface area (Å²) >= 11 is 0. The Hall–Kier alpha value is -2.78. The standard InChI is InChI=1S/C19H21F2N5O2/c20-19(21)28-15-3-1-2-14(8-15)25-16-6-7-26(18(16)27)17-5-4-12(9-22-17)13-10-23-24-11-13/h1-5,8-9,13,16,19,23-25H,6-7,10-11H2. The van der Waals surface area contributed by atoms with Crippen molar-refractivity contribution in [2.24, 2.45) is 0 Å². The van der Waals surface area contributed by atoms with Crippen molar-refractivity contribution in [3.63, 3.8) is 0 Å². The van der Waals surface area contributed by atoms with E-state index in [1.54, 1.807) is 17.0 Å². The first kappa shape index (κ1) is 18.6. The quantitative estimate of drug-likeness (QED) is 0.702. The highest BCUT2D eigenvalue weighted by molar-refractivity contribution is 6.00. The molecule has 3 N–H and O–H groups in total. The average Bonchev–Trinajstić information content (AvgIpc) is 3.33. The number of amides is 1. The number of hydrogen-bond acceptors (Lipinski definition) is 6. The Morgan fingerprint density at radius 1 is 1.21 bits per heavy atom. The van der Waals surface area contributed by atoms with Crippen molar-refractivity contribution in [2.45, 2.75) is 25.0 Å². The monoisotopic (exact) mass is 389 g/mol. The number of rotatable bonds is 6. The first-order valence-electron chi connectivity index (χ1n) is 9.14. The molecule has 0 bridgehead atoms. The maximum absolute atomic E-state index is 12.8. The van der Waals surface area contributed by atoms with Crippen molar-refractivity contribution >= 4 is 17.4 Å². The van der Waals surface area contributed by atoms with Gasteiger partial charge in [-0.15, -0.1) is 0 Å². The number of halogens is 2. The predicted molar refractivity (Wildman–Crippen MR) is 100 cm³/mol. The average molecular weight is 389 g/mol. The van der Waals surface area contributed by atoms with Gasteiger partial charge in [0.05, 0.1) is 0 Å². The van der Waals surface area contributed by atoms with Gasteiger partial charge in [0.2, 0.25) is 0 Å². The summed E-state index contributed by atoms with van der Waals surface area (Å²) in [7, 11) is 0. The summed E-state index contributed by atoms with van der Waals surface area (Å²) in [5, 5.41) is 3.10. The second-order valence-electron chi connectivity index (χ2n) is 6.79. The fourth-order valence-corrected chi connectivity index (χ4v) is 3.50. The zero-order chi connectivity index (χ0) is 19.5. The third-order valence-corrected chi connectivity index (χ3v) is 4.95. The molecule has 28 heavy (non-hydrogen) atoms. The van der Waals surface area contributed by atoms with Crippen LogP contribution >= 0.6 is 0 Å². The van der Waals surface area contributed by atoms with Gasteiger partial charge in [0.25, 0.3) is 5.91 Å². The number of benzene rings is 1. The third-order valence-electron chi connectivity index (χ3n) is 4.95. The molecule has 7 nitrogen and oxygen atoms in total. The highest BCUT2D eigenvalue weighted by atomic mass is 19.3. The number of pyridine rings is 1. The molecular weight excluding hydrogens is 368 g/mol. The van der Waals surface area contributed by atoms with Gasteiger partial charge >= 0.3 is 6.61 Å². The minimum absolute atomic E-state index is 0.0513. The SMILES string of the molecule is O=C1C(Nc2cccc(OC(F)F)c2)CCN1c1ccc(C2CNNC2)cn1. The van der Waals surface area contributed by atoms with Crippen LogP contribution in [-0.2, 0) is 4.79 Å². The molecule has 1 aromatic carbocycles. The number of carbonyl (C=O) groups is 1. The Kier molecular flexibility index (Phi) is 5.36. The Morgan fingerprint density at radius 3 is 2.75 bits per heavy atom. The Labute approximate surface area is 161 Å². The highest BCUT2D eigenvalue weighted by Crippen LogP contribution is 2.26. The van der Waals surface area contributed by atoms with E-state index >= 15 is 0 Å². The lowest BCUT2D eigenvalue weighted by molar-refractivity contribution is -0.117. The number of nitrogens with one attached hydrogen (secondary N) is 3. The third kappa shape index (κ3) is 4.05. The van der Waals surface area contributed by atoms with Crippen LogP contribution in [0.2, 0.25) is 0 Å². The van der Waals surface area contributed by atoms with E-state index in [2.05, 4.69) is 25.9 Å². The van der Waals surface area contributed by atoms with Gasteiger partial charge in [0, 0.05) is 43.5 Å². The topological polar surface area (TPSA) is 78.5 Å². The molecule has 1 atom stereocenters. The smallest absolute Gasteiger partial charge is 0.387 e. The van der Waals surface area contributed by atoms with Crippen molar-refractivity contribution in [2.75, 3.05) is 29.9 Å². The second-order valence-corrected chi connectivity index (χ2v) is 6.79. The minimum atomic E-state index is -2.89. The van der Waals surface area contributed by atoms with Gasteiger partial charge in [-0.05, 0) is 30.2 Å². The summed E-state index contributed by atoms with van der Waals surface area (Å²) in [4.78, 5) is 18.9. The Morgan fingerprint density at radius 2 is 2.04 bits per heavy atom. The number of carbonyl (C=O) groups excluding carboxylic acids is 1. The van der Waals surface area contributed by atoms with Gasteiger partial charge in [0.15, 0.2) is 0 Å². The fraction of sp³-hybridized carbons (Fsp3) is 0.368. The molecule has 1 aromatic heterocycles. The molecule has 2 aliphatic heterocycles. The summed E-state index contributed by atoms with van der Waals surface area (Å²) in [5.74, 6) is 0.944. The van der Waals surface area contributed by atoms with Crippen LogP contribution in [-0.4, -0.2) is 43.2 Å². The Balaban J connectivity index is 1.41. The number of ether oxygens (including phenoxy) is 1. The van der Waals surface area contributed by atoms with Crippen LogP contribution in [0, 0.1) is 0 Å². The van der Waals surface area contributed by atoms with E-state index in [9.17, 15) is 13.6 Å². The largest absolute Gasteiger partial charge is 0.435 e. The van der Waals surface area contributed by atoms with Crippen LogP contribution in [0.25, 0.3) is 0 Å². The summed E-state index contributed by atoms with van der Waals surface area (Å²) in [5.41, 5.74) is 7.86. The van der Waals surface area contributed by atoms with Crippen LogP contribution in [0.1, 0.15) is 17.9 Å². The molecule has 2 fully saturated rings. The number of hydrazine groups is 1. The van der Waals surface area contributed by atoms with Crippen LogP contribution in [0.5, 0.6) is 5.75 Å². The molecule has 2 aliphatic rings. The van der Waals surface area contributed by atoms with Crippen molar-refractivity contribution in [1.29, 1.82) is 0 Å². The first-order chi connectivity index (χ1) is 13.6. The maximum atomic E-state index is 12.8. The van der Waals surface area contributed by atoms with Crippen molar-refractivity contribution in [3.05, 3.63) is 48.2 Å². The molecule has 3 heterocycles. The van der Waals surface area contributed by atoms with Crippen LogP contribution in [0.3, 0.4) is 0 Å². The van der Waals surface area contributed by atoms with E-state index in [1.807, 2.05) is 18.3 Å². The number of anilines is 2. The summed E-state index contributed by atoms with van der Waals surface area (Å²) in [6, 6.07) is 9.65. The van der Waals surface area contributed by atoms with Crippen molar-refractivity contribution in [1.82, 2.24) is 15.8 Å². The lowest BCUT2D eigenvalue weighted by Gasteiger charge is -2.18. The molecule has 0 aliphatic carbocycles. The predicted octanol–water partition coefficient (Wildman–Crippen LogP) is 2.09. The molecule has 1 unspecified atom stereocenters. The fourth-order valence-electron chi connectivity index (χ4n) is 3.50. The molecule has 0 spiro atoms. The van der Waals surface area contributed by atoms with E-state index in [-0.39, 0.29) is 11.7 Å². The van der Waals surface area contributed by atoms with Crippen LogP contribution in [0.4, 0.5) is 20.3 Å². The molecule has 0 radical (unpaired) electrons. The molecule has 9 heteroatoms. The Bertz CT molecular complexity index is 827. The molecule has 148 valence electrons. The summed E-state index contributed by atoms with van der Waals surface area (Å²) < 4.78 is 29.1. The molecule has 2 saturated heterocycles. The van der Waals surface area contributed by atoms with Crippen LogP contribution in [0.15, 0.2) is 42.6 Å². The summed E-state index contributed by atoms with van der Waals surface area (Å²) in [6.07, 6.45) is 2.41. The zero-order valence-corrected chi connectivity index (χ0v) is 15.1. The van der Waals surface area contributed by atoms with Crippen molar-refractivity contribution in [3.8, 4) is 5.75 Å². The molecule has 2 aromatic rings. The van der Waals surface area contributed by atoms with Crippen molar-refractivity contribution < 1.29 is 18.3 Å². The number of nitrogens with zero attached hydrogens (tertiary/aromatic N) is 2. The van der Waals surface area contributed by atoms with Gasteiger partial charge in [-0.2, -0.15) is 8.78 Å². The first-order valence-corrected chi connectivity index (χ1v) is 9.14. The van der Waals surface area contributed by atoms with Gasteiger partial charge in [-0.3, -0.25) is 20.5 Å².